The average molecular weight is 443 g/mol. The zero-order chi connectivity index (χ0) is 24.3. The Balaban J connectivity index is 0. The molecular formula is C23H46N4O4. The van der Waals surface area contributed by atoms with Gasteiger partial charge in [-0.15, -0.1) is 5.10 Å². The van der Waals surface area contributed by atoms with Crippen LogP contribution in [0.1, 0.15) is 93.2 Å². The summed E-state index contributed by atoms with van der Waals surface area (Å²) in [5.74, 6) is 0.471. The van der Waals surface area contributed by atoms with Gasteiger partial charge in [0.15, 0.2) is 0 Å². The number of ether oxygens (including phenoxy) is 1. The van der Waals surface area contributed by atoms with E-state index in [1.54, 1.807) is 10.9 Å². The van der Waals surface area contributed by atoms with E-state index in [0.29, 0.717) is 31.3 Å². The normalized spacial score (nSPS) is 10.6. The fourth-order valence-electron chi connectivity index (χ4n) is 2.23. The second-order valence-electron chi connectivity index (χ2n) is 8.25. The molecule has 0 fully saturated rings. The Kier molecular flexibility index (Phi) is 19.2. The molecule has 0 radical (unpaired) electrons. The van der Waals surface area contributed by atoms with Crippen LogP contribution in [0.5, 0.6) is 0 Å². The van der Waals surface area contributed by atoms with Crippen molar-refractivity contribution in [2.75, 3.05) is 13.2 Å². The van der Waals surface area contributed by atoms with E-state index in [1.807, 2.05) is 27.7 Å². The van der Waals surface area contributed by atoms with Crippen molar-refractivity contribution in [3.63, 3.8) is 0 Å². The standard InChI is InChI=1S/C17H30N4O3.C4H10O.C2H6/c1-13(2)8-9-24-17(4,5)12-21-11-15(19-20-21)10-18-16(23)7-6-14(3)22;1-2-3-4-5;1-2/h11,13H,6-10,12H2,1-5H3,(H,18,23);5H,2-4H2,1H3;1-2H3. The van der Waals surface area contributed by atoms with Gasteiger partial charge >= 0.3 is 0 Å². The van der Waals surface area contributed by atoms with Gasteiger partial charge in [0.05, 0.1) is 24.9 Å². The Bertz CT molecular complexity index is 584. The zero-order valence-electron chi connectivity index (χ0n) is 21.0. The van der Waals surface area contributed by atoms with E-state index in [4.69, 9.17) is 9.84 Å². The smallest absolute Gasteiger partial charge is 0.220 e. The molecule has 0 unspecified atom stereocenters. The minimum absolute atomic E-state index is 0.00999. The summed E-state index contributed by atoms with van der Waals surface area (Å²) in [6, 6.07) is 0. The molecule has 31 heavy (non-hydrogen) atoms. The van der Waals surface area contributed by atoms with Gasteiger partial charge in [0.2, 0.25) is 5.91 Å². The Morgan fingerprint density at radius 3 is 2.39 bits per heavy atom. The summed E-state index contributed by atoms with van der Waals surface area (Å²) in [6.07, 6.45) is 5.34. The molecule has 8 nitrogen and oxygen atoms in total. The highest BCUT2D eigenvalue weighted by Gasteiger charge is 2.20. The molecule has 0 saturated heterocycles. The first-order chi connectivity index (χ1) is 14.6. The van der Waals surface area contributed by atoms with Crippen LogP contribution < -0.4 is 5.32 Å². The molecule has 0 spiro atoms. The molecule has 1 aromatic rings. The summed E-state index contributed by atoms with van der Waals surface area (Å²) in [4.78, 5) is 22.4. The van der Waals surface area contributed by atoms with Gasteiger partial charge in [0.1, 0.15) is 11.5 Å². The fraction of sp³-hybridized carbons (Fsp3) is 0.826. The van der Waals surface area contributed by atoms with Crippen molar-refractivity contribution in [2.45, 2.75) is 106 Å². The van der Waals surface area contributed by atoms with Crippen molar-refractivity contribution in [2.24, 2.45) is 5.92 Å². The Morgan fingerprint density at radius 2 is 1.90 bits per heavy atom. The SMILES string of the molecule is CC.CC(=O)CCC(=O)NCc1cn(CC(C)(C)OCCC(C)C)nn1.CCCCO. The topological polar surface area (TPSA) is 106 Å². The van der Waals surface area contributed by atoms with Crippen LogP contribution in [0.3, 0.4) is 0 Å². The van der Waals surface area contributed by atoms with Crippen LogP contribution in [0.25, 0.3) is 0 Å². The van der Waals surface area contributed by atoms with E-state index < -0.39 is 0 Å². The first-order valence-electron chi connectivity index (χ1n) is 11.5. The molecule has 2 N–H and O–H groups in total. The molecule has 1 rings (SSSR count). The first-order valence-corrected chi connectivity index (χ1v) is 11.5. The number of aliphatic hydroxyl groups is 1. The second-order valence-corrected chi connectivity index (χ2v) is 8.25. The highest BCUT2D eigenvalue weighted by Crippen LogP contribution is 2.14. The monoisotopic (exact) mass is 442 g/mol. The maximum atomic E-state index is 11.6. The third kappa shape index (κ3) is 19.9. The van der Waals surface area contributed by atoms with Gasteiger partial charge in [-0.1, -0.05) is 46.3 Å². The lowest BCUT2D eigenvalue weighted by Gasteiger charge is -2.25. The number of hydrogen-bond acceptors (Lipinski definition) is 6. The molecule has 0 aromatic carbocycles. The third-order valence-electron chi connectivity index (χ3n) is 4.00. The third-order valence-corrected chi connectivity index (χ3v) is 4.00. The Labute approximate surface area is 189 Å². The van der Waals surface area contributed by atoms with E-state index >= 15 is 0 Å². The fourth-order valence-corrected chi connectivity index (χ4v) is 2.23. The molecule has 0 saturated carbocycles. The second kappa shape index (κ2) is 18.9. The number of ketones is 1. The number of nitrogens with zero attached hydrogens (tertiary/aromatic N) is 3. The number of carbonyl (C=O) groups is 2. The van der Waals surface area contributed by atoms with Crippen LogP contribution in [0.2, 0.25) is 0 Å². The number of carbonyl (C=O) groups excluding carboxylic acids is 2. The molecular weight excluding hydrogens is 396 g/mol. The number of aliphatic hydroxyl groups excluding tert-OH is 1. The minimum atomic E-state index is -0.329. The number of amides is 1. The molecule has 0 bridgehead atoms. The predicted octanol–water partition coefficient (Wildman–Crippen LogP) is 3.91. The lowest BCUT2D eigenvalue weighted by atomic mass is 10.1. The van der Waals surface area contributed by atoms with Crippen LogP contribution in [0.4, 0.5) is 0 Å². The number of Topliss-reactive ketones (excluding diaryl/α,β-unsaturated/α-hetero) is 1. The quantitative estimate of drug-likeness (QED) is 0.480. The summed E-state index contributed by atoms with van der Waals surface area (Å²) >= 11 is 0. The van der Waals surface area contributed by atoms with Crippen molar-refractivity contribution in [1.82, 2.24) is 20.3 Å². The van der Waals surface area contributed by atoms with Gasteiger partial charge in [-0.05, 0) is 39.5 Å². The number of unbranched alkanes of at least 4 members (excludes halogenated alkanes) is 1. The number of aromatic nitrogens is 3. The molecule has 0 atom stereocenters. The van der Waals surface area contributed by atoms with Gasteiger partial charge in [-0.25, -0.2) is 4.68 Å². The molecule has 0 aliphatic heterocycles. The van der Waals surface area contributed by atoms with E-state index in [2.05, 4.69) is 36.4 Å². The lowest BCUT2D eigenvalue weighted by molar-refractivity contribution is -0.124. The lowest BCUT2D eigenvalue weighted by Crippen LogP contribution is -2.31. The number of nitrogens with one attached hydrogen (secondary N) is 1. The van der Waals surface area contributed by atoms with Gasteiger partial charge < -0.3 is 20.0 Å². The number of hydrogen-bond donors (Lipinski definition) is 2. The summed E-state index contributed by atoms with van der Waals surface area (Å²) < 4.78 is 7.64. The van der Waals surface area contributed by atoms with Crippen LogP contribution in [-0.4, -0.2) is 50.6 Å². The van der Waals surface area contributed by atoms with Crippen LogP contribution in [-0.2, 0) is 27.4 Å². The van der Waals surface area contributed by atoms with Crippen molar-refractivity contribution < 1.29 is 19.4 Å². The van der Waals surface area contributed by atoms with Crippen molar-refractivity contribution >= 4 is 11.7 Å². The zero-order valence-corrected chi connectivity index (χ0v) is 21.0. The van der Waals surface area contributed by atoms with Gasteiger partial charge in [-0.2, -0.15) is 0 Å². The van der Waals surface area contributed by atoms with Gasteiger partial charge in [-0.3, -0.25) is 4.79 Å². The summed E-state index contributed by atoms with van der Waals surface area (Å²) in [5, 5.41) is 18.9. The highest BCUT2D eigenvalue weighted by molar-refractivity contribution is 5.83. The van der Waals surface area contributed by atoms with Gasteiger partial charge in [0.25, 0.3) is 0 Å². The summed E-state index contributed by atoms with van der Waals surface area (Å²) in [6.45, 7) is 17.9. The van der Waals surface area contributed by atoms with E-state index in [9.17, 15) is 9.59 Å². The summed E-state index contributed by atoms with van der Waals surface area (Å²) in [5.41, 5.74) is 0.356. The maximum absolute atomic E-state index is 11.6. The average Bonchev–Trinajstić information content (AvgIpc) is 3.13. The summed E-state index contributed by atoms with van der Waals surface area (Å²) in [7, 11) is 0. The molecule has 1 amide bonds. The molecule has 8 heteroatoms. The van der Waals surface area contributed by atoms with E-state index in [0.717, 1.165) is 25.9 Å². The number of rotatable bonds is 13. The van der Waals surface area contributed by atoms with Crippen molar-refractivity contribution in [1.29, 1.82) is 0 Å². The van der Waals surface area contributed by atoms with Gasteiger partial charge in [0, 0.05) is 26.1 Å². The molecule has 0 aliphatic rings. The first kappa shape index (κ1) is 31.4. The van der Waals surface area contributed by atoms with Crippen molar-refractivity contribution in [3.8, 4) is 0 Å². The van der Waals surface area contributed by atoms with Crippen molar-refractivity contribution in [3.05, 3.63) is 11.9 Å². The van der Waals surface area contributed by atoms with E-state index in [1.165, 1.54) is 6.92 Å². The molecule has 182 valence electrons. The van der Waals surface area contributed by atoms with E-state index in [-0.39, 0.29) is 30.1 Å². The largest absolute Gasteiger partial charge is 0.396 e. The minimum Gasteiger partial charge on any atom is -0.396 e. The highest BCUT2D eigenvalue weighted by atomic mass is 16.5. The maximum Gasteiger partial charge on any atom is 0.220 e. The molecule has 1 aromatic heterocycles. The Morgan fingerprint density at radius 1 is 1.26 bits per heavy atom. The molecule has 1 heterocycles. The Hall–Kier alpha value is -1.80. The molecule has 0 aliphatic carbocycles. The van der Waals surface area contributed by atoms with Crippen LogP contribution in [0.15, 0.2) is 6.20 Å². The predicted molar refractivity (Wildman–Crippen MR) is 125 cm³/mol. The van der Waals surface area contributed by atoms with Crippen LogP contribution in [0, 0.1) is 5.92 Å². The van der Waals surface area contributed by atoms with Crippen LogP contribution >= 0.6 is 0 Å².